The number of carbonyl (C=O) groups is 2. The quantitative estimate of drug-likeness (QED) is 0.816. The minimum Gasteiger partial charge on any atom is -0.339 e. The molecular formula is C18H24N6O2. The minimum absolute atomic E-state index is 0.00525. The molecule has 2 amide bonds. The monoisotopic (exact) mass is 356 g/mol. The van der Waals surface area contributed by atoms with Crippen molar-refractivity contribution in [3.63, 3.8) is 0 Å². The van der Waals surface area contributed by atoms with Crippen molar-refractivity contribution in [3.05, 3.63) is 24.3 Å². The zero-order valence-corrected chi connectivity index (χ0v) is 14.9. The van der Waals surface area contributed by atoms with Gasteiger partial charge >= 0.3 is 0 Å². The Bertz CT molecular complexity index is 757. The summed E-state index contributed by atoms with van der Waals surface area (Å²) in [5.41, 5.74) is 0. The highest BCUT2D eigenvalue weighted by Crippen LogP contribution is 2.25. The first-order valence-corrected chi connectivity index (χ1v) is 9.43. The van der Waals surface area contributed by atoms with Gasteiger partial charge in [-0.15, -0.1) is 5.10 Å². The number of hydrogen-bond donors (Lipinski definition) is 0. The maximum absolute atomic E-state index is 12.6. The van der Waals surface area contributed by atoms with Gasteiger partial charge in [-0.25, -0.2) is 9.50 Å². The van der Waals surface area contributed by atoms with E-state index in [4.69, 9.17) is 0 Å². The second-order valence-corrected chi connectivity index (χ2v) is 7.11. The normalized spacial score (nSPS) is 19.1. The fourth-order valence-corrected chi connectivity index (χ4v) is 3.88. The molecule has 1 saturated heterocycles. The number of fused-ring (bicyclic) bond motifs is 1. The lowest BCUT2D eigenvalue weighted by Crippen LogP contribution is -2.52. The molecule has 0 unspecified atom stereocenters. The van der Waals surface area contributed by atoms with Crippen molar-refractivity contribution in [1.29, 1.82) is 0 Å². The molecule has 0 atom stereocenters. The number of hydrogen-bond acceptors (Lipinski definition) is 5. The van der Waals surface area contributed by atoms with Gasteiger partial charge in [-0.1, -0.05) is 19.3 Å². The second-order valence-electron chi connectivity index (χ2n) is 7.11. The lowest BCUT2D eigenvalue weighted by molar-refractivity contribution is -0.142. The zero-order chi connectivity index (χ0) is 17.9. The molecule has 4 rings (SSSR count). The van der Waals surface area contributed by atoms with E-state index in [1.54, 1.807) is 23.0 Å². The van der Waals surface area contributed by atoms with Crippen LogP contribution in [-0.4, -0.2) is 67.4 Å². The summed E-state index contributed by atoms with van der Waals surface area (Å²) in [7, 11) is 0. The number of aromatic nitrogens is 4. The van der Waals surface area contributed by atoms with Gasteiger partial charge in [-0.3, -0.25) is 9.59 Å². The van der Waals surface area contributed by atoms with Crippen LogP contribution in [0.1, 0.15) is 37.9 Å². The summed E-state index contributed by atoms with van der Waals surface area (Å²) in [6, 6.07) is 1.77. The Hall–Kier alpha value is -2.51. The van der Waals surface area contributed by atoms with Crippen molar-refractivity contribution in [2.45, 2.75) is 38.5 Å². The van der Waals surface area contributed by atoms with E-state index in [9.17, 15) is 9.59 Å². The third kappa shape index (κ3) is 3.54. The average molecular weight is 356 g/mol. The molecule has 0 bridgehead atoms. The first-order chi connectivity index (χ1) is 12.7. The van der Waals surface area contributed by atoms with Crippen molar-refractivity contribution in [2.75, 3.05) is 26.2 Å². The van der Waals surface area contributed by atoms with E-state index in [2.05, 4.69) is 15.1 Å². The van der Waals surface area contributed by atoms with Gasteiger partial charge in [0.2, 0.25) is 11.8 Å². The predicted molar refractivity (Wildman–Crippen MR) is 94.2 cm³/mol. The highest BCUT2D eigenvalue weighted by molar-refractivity contribution is 5.80. The van der Waals surface area contributed by atoms with Crippen LogP contribution in [-0.2, 0) is 16.0 Å². The number of carbonyl (C=O) groups excluding carboxylic acids is 2. The van der Waals surface area contributed by atoms with E-state index >= 15 is 0 Å². The molecular weight excluding hydrogens is 332 g/mol. The molecule has 2 fully saturated rings. The number of amides is 2. The third-order valence-corrected chi connectivity index (χ3v) is 5.37. The fourth-order valence-electron chi connectivity index (χ4n) is 3.88. The molecule has 1 aliphatic carbocycles. The molecule has 0 aromatic carbocycles. The van der Waals surface area contributed by atoms with Crippen molar-refractivity contribution >= 4 is 17.6 Å². The van der Waals surface area contributed by atoms with Crippen LogP contribution in [0.25, 0.3) is 5.78 Å². The molecule has 138 valence electrons. The highest BCUT2D eigenvalue weighted by Gasteiger charge is 2.29. The molecule has 2 aromatic heterocycles. The molecule has 1 saturated carbocycles. The van der Waals surface area contributed by atoms with Crippen molar-refractivity contribution in [3.8, 4) is 0 Å². The van der Waals surface area contributed by atoms with Crippen LogP contribution in [0.2, 0.25) is 0 Å². The Morgan fingerprint density at radius 1 is 1.04 bits per heavy atom. The van der Waals surface area contributed by atoms with Gasteiger partial charge in [0.25, 0.3) is 5.78 Å². The predicted octanol–water partition coefficient (Wildman–Crippen LogP) is 0.918. The summed E-state index contributed by atoms with van der Waals surface area (Å²) in [6.07, 6.45) is 9.19. The molecule has 0 N–H and O–H groups in total. The fraction of sp³-hybridized carbons (Fsp3) is 0.611. The maximum Gasteiger partial charge on any atom is 0.252 e. The molecule has 8 nitrogen and oxygen atoms in total. The Balaban J connectivity index is 1.31. The van der Waals surface area contributed by atoms with Crippen LogP contribution in [0, 0.1) is 5.92 Å². The molecule has 3 heterocycles. The van der Waals surface area contributed by atoms with Crippen LogP contribution >= 0.6 is 0 Å². The van der Waals surface area contributed by atoms with Gasteiger partial charge in [0, 0.05) is 44.5 Å². The molecule has 8 heteroatoms. The second kappa shape index (κ2) is 7.39. The Morgan fingerprint density at radius 2 is 1.77 bits per heavy atom. The van der Waals surface area contributed by atoms with Gasteiger partial charge in [0.15, 0.2) is 5.82 Å². The number of piperazine rings is 1. The zero-order valence-electron chi connectivity index (χ0n) is 14.9. The van der Waals surface area contributed by atoms with Gasteiger partial charge in [0.05, 0.1) is 6.42 Å². The SMILES string of the molecule is O=C(Cc1nc2ncccn2n1)N1CCN(C(=O)C2CCCCC2)CC1. The summed E-state index contributed by atoms with van der Waals surface area (Å²) in [5, 5.41) is 4.28. The Kier molecular flexibility index (Phi) is 4.81. The van der Waals surface area contributed by atoms with Gasteiger partial charge < -0.3 is 9.80 Å². The smallest absolute Gasteiger partial charge is 0.252 e. The van der Waals surface area contributed by atoms with E-state index in [-0.39, 0.29) is 24.2 Å². The van der Waals surface area contributed by atoms with Crippen LogP contribution < -0.4 is 0 Å². The highest BCUT2D eigenvalue weighted by atomic mass is 16.2. The van der Waals surface area contributed by atoms with Gasteiger partial charge in [-0.2, -0.15) is 4.98 Å². The largest absolute Gasteiger partial charge is 0.339 e. The van der Waals surface area contributed by atoms with E-state index in [1.165, 1.54) is 6.42 Å². The van der Waals surface area contributed by atoms with Crippen LogP contribution in [0.4, 0.5) is 0 Å². The standard InChI is InChI=1S/C18H24N6O2/c25-16(13-15-20-18-19-7-4-8-24(18)21-15)22-9-11-23(12-10-22)17(26)14-5-2-1-3-6-14/h4,7-8,14H,1-3,5-6,9-13H2. The molecule has 2 aliphatic rings. The Labute approximate surface area is 152 Å². The topological polar surface area (TPSA) is 83.7 Å². The number of nitrogens with zero attached hydrogens (tertiary/aromatic N) is 6. The van der Waals surface area contributed by atoms with Crippen molar-refractivity contribution in [1.82, 2.24) is 29.4 Å². The molecule has 0 spiro atoms. The maximum atomic E-state index is 12.6. The van der Waals surface area contributed by atoms with Crippen molar-refractivity contribution < 1.29 is 9.59 Å². The molecule has 2 aromatic rings. The van der Waals surface area contributed by atoms with Crippen LogP contribution in [0.3, 0.4) is 0 Å². The van der Waals surface area contributed by atoms with E-state index in [1.807, 2.05) is 9.80 Å². The van der Waals surface area contributed by atoms with Crippen molar-refractivity contribution in [2.24, 2.45) is 5.92 Å². The van der Waals surface area contributed by atoms with Crippen LogP contribution in [0.15, 0.2) is 18.5 Å². The summed E-state index contributed by atoms with van der Waals surface area (Å²) in [5.74, 6) is 1.46. The number of rotatable bonds is 3. The van der Waals surface area contributed by atoms with E-state index in [0.29, 0.717) is 37.8 Å². The lowest BCUT2D eigenvalue weighted by Gasteiger charge is -2.37. The average Bonchev–Trinajstić information content (AvgIpc) is 3.10. The van der Waals surface area contributed by atoms with E-state index < -0.39 is 0 Å². The summed E-state index contributed by atoms with van der Waals surface area (Å²) in [4.78, 5) is 37.3. The summed E-state index contributed by atoms with van der Waals surface area (Å²) >= 11 is 0. The first kappa shape index (κ1) is 16.9. The summed E-state index contributed by atoms with van der Waals surface area (Å²) < 4.78 is 1.57. The van der Waals surface area contributed by atoms with Gasteiger partial charge in [-0.05, 0) is 18.9 Å². The lowest BCUT2D eigenvalue weighted by atomic mass is 9.88. The minimum atomic E-state index is 0.00525. The first-order valence-electron chi connectivity index (χ1n) is 9.43. The molecule has 26 heavy (non-hydrogen) atoms. The van der Waals surface area contributed by atoms with Gasteiger partial charge in [0.1, 0.15) is 0 Å². The molecule has 1 aliphatic heterocycles. The Morgan fingerprint density at radius 3 is 2.50 bits per heavy atom. The molecule has 0 radical (unpaired) electrons. The van der Waals surface area contributed by atoms with Crippen LogP contribution in [0.5, 0.6) is 0 Å². The third-order valence-electron chi connectivity index (χ3n) is 5.37. The summed E-state index contributed by atoms with van der Waals surface area (Å²) in [6.45, 7) is 2.42. The van der Waals surface area contributed by atoms with E-state index in [0.717, 1.165) is 25.7 Å².